The van der Waals surface area contributed by atoms with Crippen LogP contribution in [0.1, 0.15) is 25.2 Å². The SMILES string of the molecule is CC(C)(N)c1cccc(C#N)n1. The van der Waals surface area contributed by atoms with Gasteiger partial charge in [-0.15, -0.1) is 0 Å². The molecule has 0 aromatic carbocycles. The molecule has 1 aromatic heterocycles. The second-order valence-electron chi connectivity index (χ2n) is 3.24. The second-order valence-corrected chi connectivity index (χ2v) is 3.24. The summed E-state index contributed by atoms with van der Waals surface area (Å²) in [4.78, 5) is 4.08. The molecule has 0 amide bonds. The highest BCUT2D eigenvalue weighted by Crippen LogP contribution is 2.13. The average Bonchev–Trinajstić information content (AvgIpc) is 2.03. The van der Waals surface area contributed by atoms with Crippen molar-refractivity contribution < 1.29 is 0 Å². The van der Waals surface area contributed by atoms with E-state index in [2.05, 4.69) is 4.98 Å². The van der Waals surface area contributed by atoms with E-state index >= 15 is 0 Å². The molecule has 0 bridgehead atoms. The Morgan fingerprint density at radius 1 is 1.50 bits per heavy atom. The van der Waals surface area contributed by atoms with Crippen molar-refractivity contribution in [2.75, 3.05) is 0 Å². The van der Waals surface area contributed by atoms with Gasteiger partial charge >= 0.3 is 0 Å². The lowest BCUT2D eigenvalue weighted by Gasteiger charge is -2.17. The van der Waals surface area contributed by atoms with Crippen LogP contribution in [-0.4, -0.2) is 4.98 Å². The quantitative estimate of drug-likeness (QED) is 0.672. The van der Waals surface area contributed by atoms with E-state index in [0.29, 0.717) is 5.69 Å². The molecule has 0 unspecified atom stereocenters. The molecule has 0 radical (unpaired) electrons. The molecule has 0 atom stereocenters. The Bertz CT molecular complexity index is 317. The summed E-state index contributed by atoms with van der Waals surface area (Å²) >= 11 is 0. The second kappa shape index (κ2) is 2.92. The minimum atomic E-state index is -0.479. The van der Waals surface area contributed by atoms with E-state index in [1.54, 1.807) is 12.1 Å². The average molecular weight is 161 g/mol. The molecule has 62 valence electrons. The minimum absolute atomic E-state index is 0.408. The van der Waals surface area contributed by atoms with Gasteiger partial charge in [-0.3, -0.25) is 0 Å². The molecule has 0 spiro atoms. The van der Waals surface area contributed by atoms with Crippen molar-refractivity contribution in [1.29, 1.82) is 5.26 Å². The van der Waals surface area contributed by atoms with Crippen molar-refractivity contribution in [1.82, 2.24) is 4.98 Å². The number of aromatic nitrogens is 1. The van der Waals surface area contributed by atoms with Crippen LogP contribution in [-0.2, 0) is 5.54 Å². The number of nitriles is 1. The smallest absolute Gasteiger partial charge is 0.140 e. The summed E-state index contributed by atoms with van der Waals surface area (Å²) in [6.07, 6.45) is 0. The normalized spacial score (nSPS) is 10.8. The van der Waals surface area contributed by atoms with Gasteiger partial charge in [0.05, 0.1) is 11.2 Å². The van der Waals surface area contributed by atoms with Crippen LogP contribution in [0.2, 0.25) is 0 Å². The monoisotopic (exact) mass is 161 g/mol. The Hall–Kier alpha value is -1.40. The lowest BCUT2D eigenvalue weighted by molar-refractivity contribution is 0.534. The maximum absolute atomic E-state index is 8.57. The predicted molar refractivity (Wildman–Crippen MR) is 46.2 cm³/mol. The molecule has 0 aliphatic rings. The van der Waals surface area contributed by atoms with Crippen LogP contribution >= 0.6 is 0 Å². The van der Waals surface area contributed by atoms with E-state index in [0.717, 1.165) is 5.69 Å². The molecule has 0 aliphatic heterocycles. The fourth-order valence-electron chi connectivity index (χ4n) is 0.856. The van der Waals surface area contributed by atoms with E-state index in [4.69, 9.17) is 11.0 Å². The molecular weight excluding hydrogens is 150 g/mol. The van der Waals surface area contributed by atoms with Crippen LogP contribution in [0.3, 0.4) is 0 Å². The number of hydrogen-bond donors (Lipinski definition) is 1. The molecule has 0 fully saturated rings. The van der Waals surface area contributed by atoms with Crippen molar-refractivity contribution >= 4 is 0 Å². The Morgan fingerprint density at radius 2 is 2.17 bits per heavy atom. The number of hydrogen-bond acceptors (Lipinski definition) is 3. The summed E-state index contributed by atoms with van der Waals surface area (Å²) in [6.45, 7) is 3.72. The summed E-state index contributed by atoms with van der Waals surface area (Å²) in [5, 5.41) is 8.57. The van der Waals surface area contributed by atoms with E-state index in [-0.39, 0.29) is 0 Å². The third kappa shape index (κ3) is 1.80. The van der Waals surface area contributed by atoms with Gasteiger partial charge in [-0.1, -0.05) is 6.07 Å². The van der Waals surface area contributed by atoms with Gasteiger partial charge < -0.3 is 5.73 Å². The maximum Gasteiger partial charge on any atom is 0.140 e. The first kappa shape index (κ1) is 8.69. The third-order valence-corrected chi connectivity index (χ3v) is 1.52. The Morgan fingerprint density at radius 3 is 2.67 bits per heavy atom. The van der Waals surface area contributed by atoms with Gasteiger partial charge in [0, 0.05) is 0 Å². The summed E-state index contributed by atoms with van der Waals surface area (Å²) in [5.74, 6) is 0. The zero-order valence-electron chi connectivity index (χ0n) is 7.20. The highest BCUT2D eigenvalue weighted by Gasteiger charge is 2.15. The zero-order valence-corrected chi connectivity index (χ0v) is 7.20. The van der Waals surface area contributed by atoms with Gasteiger partial charge in [-0.2, -0.15) is 5.26 Å². The van der Waals surface area contributed by atoms with Gasteiger partial charge in [0.15, 0.2) is 0 Å². The first-order valence-electron chi connectivity index (χ1n) is 3.70. The molecule has 3 heteroatoms. The van der Waals surface area contributed by atoms with Gasteiger partial charge in [0.1, 0.15) is 11.8 Å². The Kier molecular flexibility index (Phi) is 2.11. The number of nitrogens with two attached hydrogens (primary N) is 1. The molecule has 12 heavy (non-hydrogen) atoms. The number of nitrogens with zero attached hydrogens (tertiary/aromatic N) is 2. The zero-order chi connectivity index (χ0) is 9.19. The van der Waals surface area contributed by atoms with E-state index in [9.17, 15) is 0 Å². The fourth-order valence-corrected chi connectivity index (χ4v) is 0.856. The Labute approximate surface area is 71.8 Å². The van der Waals surface area contributed by atoms with Crippen LogP contribution < -0.4 is 5.73 Å². The molecule has 1 rings (SSSR count). The third-order valence-electron chi connectivity index (χ3n) is 1.52. The van der Waals surface area contributed by atoms with Gasteiger partial charge in [0.25, 0.3) is 0 Å². The summed E-state index contributed by atoms with van der Waals surface area (Å²) < 4.78 is 0. The molecule has 0 aliphatic carbocycles. The van der Waals surface area contributed by atoms with Gasteiger partial charge in [-0.05, 0) is 26.0 Å². The van der Waals surface area contributed by atoms with Crippen molar-refractivity contribution in [2.24, 2.45) is 5.73 Å². The minimum Gasteiger partial charge on any atom is -0.321 e. The molecule has 2 N–H and O–H groups in total. The standard InChI is InChI=1S/C9H11N3/c1-9(2,11)8-5-3-4-7(6-10)12-8/h3-5H,11H2,1-2H3. The van der Waals surface area contributed by atoms with Crippen LogP contribution in [0.15, 0.2) is 18.2 Å². The molecule has 0 saturated carbocycles. The van der Waals surface area contributed by atoms with E-state index in [1.807, 2.05) is 26.0 Å². The van der Waals surface area contributed by atoms with Crippen molar-refractivity contribution in [3.63, 3.8) is 0 Å². The van der Waals surface area contributed by atoms with Crippen LogP contribution in [0.5, 0.6) is 0 Å². The number of rotatable bonds is 1. The molecule has 3 nitrogen and oxygen atoms in total. The lowest BCUT2D eigenvalue weighted by Crippen LogP contribution is -2.29. The van der Waals surface area contributed by atoms with Gasteiger partial charge in [0.2, 0.25) is 0 Å². The highest BCUT2D eigenvalue weighted by atomic mass is 14.8. The van der Waals surface area contributed by atoms with Gasteiger partial charge in [-0.25, -0.2) is 4.98 Å². The first-order chi connectivity index (χ1) is 5.54. The van der Waals surface area contributed by atoms with E-state index in [1.165, 1.54) is 0 Å². The summed E-state index contributed by atoms with van der Waals surface area (Å²) in [6, 6.07) is 7.24. The van der Waals surface area contributed by atoms with Crippen molar-refractivity contribution in [2.45, 2.75) is 19.4 Å². The number of pyridine rings is 1. The molecule has 1 aromatic rings. The maximum atomic E-state index is 8.57. The predicted octanol–water partition coefficient (Wildman–Crippen LogP) is 1.15. The summed E-state index contributed by atoms with van der Waals surface area (Å²) in [7, 11) is 0. The largest absolute Gasteiger partial charge is 0.321 e. The molecule has 1 heterocycles. The summed E-state index contributed by atoms with van der Waals surface area (Å²) in [5.41, 5.74) is 6.48. The van der Waals surface area contributed by atoms with Crippen LogP contribution in [0.4, 0.5) is 0 Å². The van der Waals surface area contributed by atoms with Crippen LogP contribution in [0.25, 0.3) is 0 Å². The fraction of sp³-hybridized carbons (Fsp3) is 0.333. The lowest BCUT2D eigenvalue weighted by atomic mass is 10.0. The Balaban J connectivity index is 3.13. The molecule has 0 saturated heterocycles. The topological polar surface area (TPSA) is 62.7 Å². The van der Waals surface area contributed by atoms with Crippen molar-refractivity contribution in [3.8, 4) is 6.07 Å². The highest BCUT2D eigenvalue weighted by molar-refractivity contribution is 5.24. The van der Waals surface area contributed by atoms with E-state index < -0.39 is 5.54 Å². The van der Waals surface area contributed by atoms with Crippen LogP contribution in [0, 0.1) is 11.3 Å². The first-order valence-corrected chi connectivity index (χ1v) is 3.70. The van der Waals surface area contributed by atoms with Crippen molar-refractivity contribution in [3.05, 3.63) is 29.6 Å². The molecular formula is C9H11N3.